The molecule has 0 aliphatic heterocycles. The minimum absolute atomic E-state index is 0.130. The van der Waals surface area contributed by atoms with Crippen LogP contribution in [-0.4, -0.2) is 15.2 Å². The molecule has 3 rings (SSSR count). The van der Waals surface area contributed by atoms with Crippen molar-refractivity contribution >= 4 is 21.6 Å². The number of aromatic nitrogens is 3. The number of nitrogens with one attached hydrogen (secondary N) is 3. The number of H-pyrrole nitrogens is 2. The predicted molar refractivity (Wildman–Crippen MR) is 86.1 cm³/mol. The van der Waals surface area contributed by atoms with Gasteiger partial charge in [-0.15, -0.1) is 0 Å². The summed E-state index contributed by atoms with van der Waals surface area (Å²) in [7, 11) is 0. The summed E-state index contributed by atoms with van der Waals surface area (Å²) in [4.78, 5) is 15.2. The van der Waals surface area contributed by atoms with E-state index in [2.05, 4.69) is 36.4 Å². The zero-order valence-corrected chi connectivity index (χ0v) is 12.6. The van der Waals surface area contributed by atoms with Crippen molar-refractivity contribution in [2.45, 2.75) is 6.54 Å². The van der Waals surface area contributed by atoms with Crippen molar-refractivity contribution in [2.75, 3.05) is 5.32 Å². The third-order valence-electron chi connectivity index (χ3n) is 3.05. The quantitative estimate of drug-likeness (QED) is 0.680. The van der Waals surface area contributed by atoms with Crippen molar-refractivity contribution in [3.63, 3.8) is 0 Å². The second-order valence-electron chi connectivity index (χ2n) is 4.61. The molecule has 0 unspecified atom stereocenters. The van der Waals surface area contributed by atoms with E-state index < -0.39 is 0 Å². The van der Waals surface area contributed by atoms with Crippen LogP contribution in [0.5, 0.6) is 0 Å². The lowest BCUT2D eigenvalue weighted by Crippen LogP contribution is -1.99. The second-order valence-corrected chi connectivity index (χ2v) is 5.53. The van der Waals surface area contributed by atoms with Crippen LogP contribution in [0, 0.1) is 0 Å². The van der Waals surface area contributed by atoms with Crippen LogP contribution in [-0.2, 0) is 6.54 Å². The molecule has 1 aromatic carbocycles. The van der Waals surface area contributed by atoms with Crippen LogP contribution in [0.2, 0.25) is 0 Å². The summed E-state index contributed by atoms with van der Waals surface area (Å²) < 4.78 is 0.966. The number of pyridine rings is 1. The maximum absolute atomic E-state index is 11.1. The van der Waals surface area contributed by atoms with E-state index in [0.29, 0.717) is 6.54 Å². The van der Waals surface area contributed by atoms with Gasteiger partial charge in [0.15, 0.2) is 0 Å². The first-order valence-electron chi connectivity index (χ1n) is 6.42. The third-order valence-corrected chi connectivity index (χ3v) is 3.48. The van der Waals surface area contributed by atoms with Crippen LogP contribution >= 0.6 is 15.9 Å². The van der Waals surface area contributed by atoms with Gasteiger partial charge >= 0.3 is 0 Å². The van der Waals surface area contributed by atoms with Crippen LogP contribution in [0.1, 0.15) is 5.56 Å². The van der Waals surface area contributed by atoms with E-state index >= 15 is 0 Å². The highest BCUT2D eigenvalue weighted by Gasteiger charge is 2.01. The zero-order chi connectivity index (χ0) is 14.7. The van der Waals surface area contributed by atoms with Gasteiger partial charge in [-0.05, 0) is 45.3 Å². The van der Waals surface area contributed by atoms with Crippen LogP contribution < -0.4 is 10.9 Å². The molecule has 0 bridgehead atoms. The van der Waals surface area contributed by atoms with Gasteiger partial charge in [-0.1, -0.05) is 12.1 Å². The Bertz CT molecular complexity index is 792. The van der Waals surface area contributed by atoms with E-state index in [1.54, 1.807) is 6.20 Å². The average molecular weight is 345 g/mol. The van der Waals surface area contributed by atoms with Crippen molar-refractivity contribution in [1.82, 2.24) is 15.2 Å². The van der Waals surface area contributed by atoms with Crippen LogP contribution in [0.25, 0.3) is 11.3 Å². The van der Waals surface area contributed by atoms with Gasteiger partial charge in [-0.25, -0.2) is 0 Å². The smallest absolute Gasteiger partial charge is 0.264 e. The van der Waals surface area contributed by atoms with Gasteiger partial charge in [0.1, 0.15) is 0 Å². The monoisotopic (exact) mass is 344 g/mol. The molecule has 21 heavy (non-hydrogen) atoms. The lowest BCUT2D eigenvalue weighted by molar-refractivity contribution is 1.06. The van der Waals surface area contributed by atoms with Gasteiger partial charge in [0.05, 0.1) is 5.69 Å². The fourth-order valence-electron chi connectivity index (χ4n) is 2.01. The summed E-state index contributed by atoms with van der Waals surface area (Å²) in [6.07, 6.45) is 3.59. The molecule has 6 heteroatoms. The number of benzene rings is 1. The summed E-state index contributed by atoms with van der Waals surface area (Å²) in [6.45, 7) is 0.701. The molecule has 0 spiro atoms. The van der Waals surface area contributed by atoms with E-state index in [1.807, 2.05) is 36.5 Å². The Hall–Kier alpha value is -2.34. The Morgan fingerprint density at radius 1 is 1.10 bits per heavy atom. The number of anilines is 1. The molecule has 0 amide bonds. The van der Waals surface area contributed by atoms with Gasteiger partial charge in [0, 0.05) is 35.2 Å². The van der Waals surface area contributed by atoms with Crippen LogP contribution in [0.15, 0.2) is 58.1 Å². The minimum Gasteiger partial charge on any atom is -0.381 e. The fraction of sp³-hybridized carbons (Fsp3) is 0.0667. The minimum atomic E-state index is -0.130. The van der Waals surface area contributed by atoms with Gasteiger partial charge in [0.25, 0.3) is 5.56 Å². The molecule has 2 heterocycles. The molecule has 106 valence electrons. The third kappa shape index (κ3) is 3.41. The Labute approximate surface area is 129 Å². The van der Waals surface area contributed by atoms with Gasteiger partial charge in [0.2, 0.25) is 0 Å². The maximum atomic E-state index is 11.1. The van der Waals surface area contributed by atoms with Crippen molar-refractivity contribution < 1.29 is 0 Å². The maximum Gasteiger partial charge on any atom is 0.264 e. The Balaban J connectivity index is 1.68. The number of rotatable bonds is 4. The Morgan fingerprint density at radius 3 is 2.57 bits per heavy atom. The van der Waals surface area contributed by atoms with Crippen LogP contribution in [0.4, 0.5) is 5.69 Å². The Kier molecular flexibility index (Phi) is 3.87. The predicted octanol–water partition coefficient (Wildman–Crippen LogP) is 3.14. The molecule has 0 aliphatic rings. The molecule has 2 aromatic heterocycles. The number of hydrogen-bond acceptors (Lipinski definition) is 3. The number of aromatic amines is 2. The van der Waals surface area contributed by atoms with E-state index in [9.17, 15) is 4.79 Å². The average Bonchev–Trinajstić information content (AvgIpc) is 2.92. The summed E-state index contributed by atoms with van der Waals surface area (Å²) in [5.74, 6) is 0. The van der Waals surface area contributed by atoms with Crippen molar-refractivity contribution in [3.8, 4) is 11.3 Å². The SMILES string of the molecule is O=c1cc(-c2ccc(NCc3cncc(Br)c3)cc2)[nH][nH]1. The molecule has 0 radical (unpaired) electrons. The van der Waals surface area contributed by atoms with Crippen molar-refractivity contribution in [3.05, 3.63) is 69.2 Å². The van der Waals surface area contributed by atoms with Gasteiger partial charge in [-0.3, -0.25) is 20.0 Å². The topological polar surface area (TPSA) is 73.6 Å². The molecule has 0 atom stereocenters. The molecular weight excluding hydrogens is 332 g/mol. The molecule has 0 saturated heterocycles. The highest BCUT2D eigenvalue weighted by Crippen LogP contribution is 2.18. The number of nitrogens with zero attached hydrogens (tertiary/aromatic N) is 1. The Morgan fingerprint density at radius 2 is 1.90 bits per heavy atom. The fourth-order valence-corrected chi connectivity index (χ4v) is 2.42. The molecule has 3 N–H and O–H groups in total. The molecule has 3 aromatic rings. The molecule has 5 nitrogen and oxygen atoms in total. The van der Waals surface area contributed by atoms with E-state index in [0.717, 1.165) is 27.0 Å². The highest BCUT2D eigenvalue weighted by atomic mass is 79.9. The molecule has 0 fully saturated rings. The summed E-state index contributed by atoms with van der Waals surface area (Å²) >= 11 is 3.40. The van der Waals surface area contributed by atoms with Gasteiger partial charge < -0.3 is 5.32 Å². The lowest BCUT2D eigenvalue weighted by Gasteiger charge is -2.07. The summed E-state index contributed by atoms with van der Waals surface area (Å²) in [5.41, 5.74) is 3.72. The summed E-state index contributed by atoms with van der Waals surface area (Å²) in [6, 6.07) is 11.4. The zero-order valence-electron chi connectivity index (χ0n) is 11.1. The van der Waals surface area contributed by atoms with Crippen molar-refractivity contribution in [2.24, 2.45) is 0 Å². The first-order valence-corrected chi connectivity index (χ1v) is 7.21. The first kappa shape index (κ1) is 13.6. The molecule has 0 aliphatic carbocycles. The largest absolute Gasteiger partial charge is 0.381 e. The highest BCUT2D eigenvalue weighted by molar-refractivity contribution is 9.10. The lowest BCUT2D eigenvalue weighted by atomic mass is 10.1. The van der Waals surface area contributed by atoms with E-state index in [4.69, 9.17) is 0 Å². The molecule has 0 saturated carbocycles. The second kappa shape index (κ2) is 5.97. The van der Waals surface area contributed by atoms with E-state index in [1.165, 1.54) is 6.07 Å². The number of hydrogen-bond donors (Lipinski definition) is 3. The molecular formula is C15H13BrN4O. The van der Waals surface area contributed by atoms with Gasteiger partial charge in [-0.2, -0.15) is 0 Å². The standard InChI is InChI=1S/C15H13BrN4O/c16-12-5-10(7-17-9-12)8-18-13-3-1-11(2-4-13)14-6-15(21)20-19-14/h1-7,9,18H,8H2,(H2,19,20,21). The van der Waals surface area contributed by atoms with E-state index in [-0.39, 0.29) is 5.56 Å². The van der Waals surface area contributed by atoms with Crippen molar-refractivity contribution in [1.29, 1.82) is 0 Å². The normalized spacial score (nSPS) is 10.5. The first-order chi connectivity index (χ1) is 10.2. The number of halogens is 1. The van der Waals surface area contributed by atoms with Crippen LogP contribution in [0.3, 0.4) is 0 Å². The summed E-state index contributed by atoms with van der Waals surface area (Å²) in [5, 5.41) is 8.69.